The minimum atomic E-state index is 0.170. The second kappa shape index (κ2) is 4.53. The van der Waals surface area contributed by atoms with Crippen molar-refractivity contribution < 1.29 is 0 Å². The molecule has 1 aliphatic carbocycles. The Balaban J connectivity index is 1.95. The van der Waals surface area contributed by atoms with Gasteiger partial charge in [-0.2, -0.15) is 0 Å². The van der Waals surface area contributed by atoms with Crippen LogP contribution in [0.3, 0.4) is 0 Å². The van der Waals surface area contributed by atoms with E-state index < -0.39 is 0 Å². The molecule has 0 bridgehead atoms. The van der Waals surface area contributed by atoms with E-state index in [4.69, 9.17) is 0 Å². The fourth-order valence-corrected chi connectivity index (χ4v) is 1.78. The summed E-state index contributed by atoms with van der Waals surface area (Å²) in [6.45, 7) is 4.22. The summed E-state index contributed by atoms with van der Waals surface area (Å²) < 4.78 is 0. The van der Waals surface area contributed by atoms with Crippen LogP contribution in [-0.2, 0) is 0 Å². The van der Waals surface area contributed by atoms with Crippen LogP contribution in [0.4, 0.5) is 0 Å². The number of hydrogen-bond donors (Lipinski definition) is 1. The molecule has 0 aromatic carbocycles. The molecule has 0 saturated carbocycles. The van der Waals surface area contributed by atoms with Crippen LogP contribution in [0.2, 0.25) is 0 Å². The van der Waals surface area contributed by atoms with Crippen LogP contribution in [-0.4, -0.2) is 24.3 Å². The Morgan fingerprint density at radius 2 is 2.27 bits per heavy atom. The minimum Gasteiger partial charge on any atom is -0.289 e. The summed E-state index contributed by atoms with van der Waals surface area (Å²) in [6.07, 6.45) is 11.4. The zero-order chi connectivity index (χ0) is 10.7. The summed E-state index contributed by atoms with van der Waals surface area (Å²) in [5.74, 6) is 0.384. The Labute approximate surface area is 90.7 Å². The van der Waals surface area contributed by atoms with Crippen molar-refractivity contribution in [1.29, 1.82) is 0 Å². The fourth-order valence-electron chi connectivity index (χ4n) is 1.78. The van der Waals surface area contributed by atoms with Gasteiger partial charge < -0.3 is 0 Å². The van der Waals surface area contributed by atoms with Crippen LogP contribution in [0.25, 0.3) is 0 Å². The smallest absolute Gasteiger partial charge is 0.111 e. The van der Waals surface area contributed by atoms with Crippen molar-refractivity contribution in [1.82, 2.24) is 5.32 Å². The molecule has 3 heteroatoms. The van der Waals surface area contributed by atoms with Gasteiger partial charge >= 0.3 is 0 Å². The van der Waals surface area contributed by atoms with Crippen molar-refractivity contribution in [2.75, 3.05) is 0 Å². The molecule has 1 aliphatic heterocycles. The first kappa shape index (κ1) is 10.3. The van der Waals surface area contributed by atoms with E-state index in [9.17, 15) is 0 Å². The van der Waals surface area contributed by atoms with Crippen LogP contribution in [0, 0.1) is 5.92 Å². The molecule has 15 heavy (non-hydrogen) atoms. The van der Waals surface area contributed by atoms with Crippen LogP contribution >= 0.6 is 0 Å². The Morgan fingerprint density at radius 1 is 1.40 bits per heavy atom. The Morgan fingerprint density at radius 3 is 3.00 bits per heavy atom. The molecule has 3 atom stereocenters. The monoisotopic (exact) mass is 203 g/mol. The molecule has 0 saturated heterocycles. The molecular weight excluding hydrogens is 186 g/mol. The third kappa shape index (κ3) is 2.42. The Bertz CT molecular complexity index is 339. The molecule has 0 radical (unpaired) electrons. The van der Waals surface area contributed by atoms with E-state index >= 15 is 0 Å². The molecule has 3 nitrogen and oxygen atoms in total. The van der Waals surface area contributed by atoms with E-state index in [-0.39, 0.29) is 6.17 Å². The van der Waals surface area contributed by atoms with Gasteiger partial charge in [-0.3, -0.25) is 10.3 Å². The van der Waals surface area contributed by atoms with Crippen molar-refractivity contribution in [2.24, 2.45) is 15.9 Å². The van der Waals surface area contributed by atoms with E-state index in [0.717, 1.165) is 12.1 Å². The quantitative estimate of drug-likeness (QED) is 0.731. The van der Waals surface area contributed by atoms with Crippen molar-refractivity contribution in [3.8, 4) is 0 Å². The standard InChI is InChI=1S/C12H17N3/c1-9-10(2)13-8-14-12(9)15-11-6-4-3-5-7-11/h3-6,8-9,11-12,15H,7H2,1-2H3. The van der Waals surface area contributed by atoms with Gasteiger partial charge in [-0.05, 0) is 13.3 Å². The Kier molecular flexibility index (Phi) is 3.11. The van der Waals surface area contributed by atoms with Gasteiger partial charge in [-0.1, -0.05) is 31.2 Å². The summed E-state index contributed by atoms with van der Waals surface area (Å²) in [5, 5.41) is 3.52. The summed E-state index contributed by atoms with van der Waals surface area (Å²) in [6, 6.07) is 0.408. The largest absolute Gasteiger partial charge is 0.289 e. The third-order valence-electron chi connectivity index (χ3n) is 2.99. The number of nitrogens with one attached hydrogen (secondary N) is 1. The van der Waals surface area contributed by atoms with E-state index in [1.807, 2.05) is 0 Å². The molecule has 2 aliphatic rings. The normalized spacial score (nSPS) is 34.3. The predicted octanol–water partition coefficient (Wildman–Crippen LogP) is 1.93. The lowest BCUT2D eigenvalue weighted by atomic mass is 10.0. The second-order valence-corrected chi connectivity index (χ2v) is 4.09. The van der Waals surface area contributed by atoms with Gasteiger partial charge in [0.1, 0.15) is 12.5 Å². The maximum Gasteiger partial charge on any atom is 0.111 e. The zero-order valence-electron chi connectivity index (χ0n) is 9.22. The highest BCUT2D eigenvalue weighted by atomic mass is 15.1. The SMILES string of the molecule is CC1=NC=NC(NC2C=CC=CC2)C1C. The summed E-state index contributed by atoms with van der Waals surface area (Å²) >= 11 is 0. The van der Waals surface area contributed by atoms with Crippen LogP contribution in [0.5, 0.6) is 0 Å². The molecule has 0 spiro atoms. The molecule has 0 amide bonds. The lowest BCUT2D eigenvalue weighted by Gasteiger charge is -2.27. The Hall–Kier alpha value is -1.22. The topological polar surface area (TPSA) is 36.8 Å². The second-order valence-electron chi connectivity index (χ2n) is 4.09. The lowest BCUT2D eigenvalue weighted by molar-refractivity contribution is 0.424. The highest BCUT2D eigenvalue weighted by Crippen LogP contribution is 2.13. The molecular formula is C12H17N3. The third-order valence-corrected chi connectivity index (χ3v) is 2.99. The van der Waals surface area contributed by atoms with Gasteiger partial charge in [-0.15, -0.1) is 0 Å². The average Bonchev–Trinajstić information content (AvgIpc) is 2.26. The first-order valence-electron chi connectivity index (χ1n) is 5.42. The highest BCUT2D eigenvalue weighted by molar-refractivity contribution is 5.92. The van der Waals surface area contributed by atoms with Crippen LogP contribution < -0.4 is 5.32 Å². The summed E-state index contributed by atoms with van der Waals surface area (Å²) in [4.78, 5) is 8.58. The van der Waals surface area contributed by atoms with Crippen LogP contribution in [0.1, 0.15) is 20.3 Å². The molecule has 0 aromatic heterocycles. The van der Waals surface area contributed by atoms with Gasteiger partial charge in [0.05, 0.1) is 0 Å². The number of rotatable bonds is 2. The van der Waals surface area contributed by atoms with E-state index in [1.165, 1.54) is 0 Å². The number of aliphatic imine (C=N–C) groups is 2. The minimum absolute atomic E-state index is 0.170. The molecule has 0 aromatic rings. The lowest BCUT2D eigenvalue weighted by Crippen LogP contribution is -2.43. The van der Waals surface area contributed by atoms with Crippen LogP contribution in [0.15, 0.2) is 34.3 Å². The first-order chi connectivity index (χ1) is 7.27. The van der Waals surface area contributed by atoms with Gasteiger partial charge in [0.2, 0.25) is 0 Å². The van der Waals surface area contributed by atoms with Gasteiger partial charge in [0.25, 0.3) is 0 Å². The van der Waals surface area contributed by atoms with Gasteiger partial charge in [0.15, 0.2) is 0 Å². The molecule has 80 valence electrons. The van der Waals surface area contributed by atoms with E-state index in [1.54, 1.807) is 6.34 Å². The maximum atomic E-state index is 4.37. The zero-order valence-corrected chi connectivity index (χ0v) is 9.22. The van der Waals surface area contributed by atoms with Crippen molar-refractivity contribution >= 4 is 12.1 Å². The molecule has 1 N–H and O–H groups in total. The molecule has 3 unspecified atom stereocenters. The number of hydrogen-bond acceptors (Lipinski definition) is 3. The molecule has 2 rings (SSSR count). The summed E-state index contributed by atoms with van der Waals surface area (Å²) in [7, 11) is 0. The average molecular weight is 203 g/mol. The summed E-state index contributed by atoms with van der Waals surface area (Å²) in [5.41, 5.74) is 1.15. The first-order valence-corrected chi connectivity index (χ1v) is 5.42. The highest BCUT2D eigenvalue weighted by Gasteiger charge is 2.22. The predicted molar refractivity (Wildman–Crippen MR) is 64.4 cm³/mol. The molecule has 0 fully saturated rings. The number of allylic oxidation sites excluding steroid dienone is 2. The molecule has 1 heterocycles. The van der Waals surface area contributed by atoms with E-state index in [0.29, 0.717) is 12.0 Å². The van der Waals surface area contributed by atoms with Crippen molar-refractivity contribution in [2.45, 2.75) is 32.5 Å². The van der Waals surface area contributed by atoms with Crippen molar-refractivity contribution in [3.63, 3.8) is 0 Å². The van der Waals surface area contributed by atoms with Crippen molar-refractivity contribution in [3.05, 3.63) is 24.3 Å². The van der Waals surface area contributed by atoms with Gasteiger partial charge in [0, 0.05) is 17.7 Å². The van der Waals surface area contributed by atoms with E-state index in [2.05, 4.69) is 53.5 Å². The number of nitrogens with zero attached hydrogens (tertiary/aromatic N) is 2. The fraction of sp³-hybridized carbons (Fsp3) is 0.500. The maximum absolute atomic E-state index is 4.37. The van der Waals surface area contributed by atoms with Gasteiger partial charge in [-0.25, -0.2) is 4.99 Å².